The van der Waals surface area contributed by atoms with Crippen molar-refractivity contribution in [3.8, 4) is 0 Å². The maximum Gasteiger partial charge on any atom is 0.149 e. The number of aromatic nitrogens is 2. The Bertz CT molecular complexity index is 700. The average molecular weight is 249 g/mol. The zero-order valence-electron chi connectivity index (χ0n) is 11.0. The Labute approximate surface area is 112 Å². The molecule has 3 aromatic rings. The lowest BCUT2D eigenvalue weighted by molar-refractivity contribution is 1.29. The molecule has 94 valence electrons. The van der Waals surface area contributed by atoms with Crippen LogP contribution >= 0.6 is 0 Å². The first-order chi connectivity index (χ1) is 9.20. The molecule has 0 aliphatic heterocycles. The lowest BCUT2D eigenvalue weighted by Crippen LogP contribution is -1.83. The molecule has 0 aliphatic carbocycles. The smallest absolute Gasteiger partial charge is 0.149 e. The van der Waals surface area contributed by atoms with Gasteiger partial charge < -0.3 is 4.98 Å². The fourth-order valence-corrected chi connectivity index (χ4v) is 2.19. The van der Waals surface area contributed by atoms with Crippen molar-refractivity contribution < 1.29 is 0 Å². The molecule has 3 rings (SSSR count). The van der Waals surface area contributed by atoms with Gasteiger partial charge in [0.05, 0.1) is 22.9 Å². The molecule has 0 unspecified atom stereocenters. The van der Waals surface area contributed by atoms with Gasteiger partial charge in [-0.1, -0.05) is 18.2 Å². The lowest BCUT2D eigenvalue weighted by atomic mass is 10.1. The van der Waals surface area contributed by atoms with Crippen LogP contribution in [0.15, 0.2) is 47.5 Å². The Morgan fingerprint density at radius 2 is 1.79 bits per heavy atom. The number of nitrogens with zero attached hydrogens (tertiary/aromatic N) is 2. The number of aliphatic imine (C=N–C) groups is 1. The van der Waals surface area contributed by atoms with Crippen molar-refractivity contribution in [2.24, 2.45) is 4.99 Å². The first-order valence-corrected chi connectivity index (χ1v) is 6.28. The molecule has 1 N–H and O–H groups in total. The van der Waals surface area contributed by atoms with Gasteiger partial charge >= 0.3 is 0 Å². The van der Waals surface area contributed by atoms with E-state index in [2.05, 4.69) is 47.0 Å². The SMILES string of the molecule is Cc1cc(C)cc(N=Cc2nc3ccccc3[nH]2)c1. The third-order valence-corrected chi connectivity index (χ3v) is 2.95. The van der Waals surface area contributed by atoms with Gasteiger partial charge in [0.25, 0.3) is 0 Å². The first kappa shape index (κ1) is 11.7. The molecule has 3 nitrogen and oxygen atoms in total. The highest BCUT2D eigenvalue weighted by Gasteiger charge is 1.99. The molecule has 19 heavy (non-hydrogen) atoms. The molecule has 0 spiro atoms. The van der Waals surface area contributed by atoms with Crippen LogP contribution in [0, 0.1) is 13.8 Å². The van der Waals surface area contributed by atoms with Gasteiger partial charge in [0, 0.05) is 0 Å². The zero-order chi connectivity index (χ0) is 13.2. The molecular weight excluding hydrogens is 234 g/mol. The van der Waals surface area contributed by atoms with Crippen molar-refractivity contribution in [1.82, 2.24) is 9.97 Å². The predicted octanol–water partition coefficient (Wildman–Crippen LogP) is 3.93. The average Bonchev–Trinajstić information content (AvgIpc) is 2.78. The molecule has 0 radical (unpaired) electrons. The second-order valence-electron chi connectivity index (χ2n) is 4.74. The van der Waals surface area contributed by atoms with E-state index in [0.717, 1.165) is 22.5 Å². The van der Waals surface area contributed by atoms with Crippen molar-refractivity contribution in [2.75, 3.05) is 0 Å². The van der Waals surface area contributed by atoms with Crippen molar-refractivity contribution >= 4 is 22.9 Å². The molecule has 0 amide bonds. The number of hydrogen-bond acceptors (Lipinski definition) is 2. The van der Waals surface area contributed by atoms with Gasteiger partial charge in [0.15, 0.2) is 0 Å². The largest absolute Gasteiger partial charge is 0.337 e. The molecule has 0 atom stereocenters. The first-order valence-electron chi connectivity index (χ1n) is 6.28. The van der Waals surface area contributed by atoms with Crippen molar-refractivity contribution in [3.63, 3.8) is 0 Å². The van der Waals surface area contributed by atoms with E-state index >= 15 is 0 Å². The maximum absolute atomic E-state index is 4.47. The topological polar surface area (TPSA) is 41.0 Å². The molecule has 3 heteroatoms. The van der Waals surface area contributed by atoms with Crippen molar-refractivity contribution in [2.45, 2.75) is 13.8 Å². The maximum atomic E-state index is 4.47. The molecule has 0 saturated carbocycles. The van der Waals surface area contributed by atoms with E-state index in [0.29, 0.717) is 0 Å². The molecule has 2 aromatic carbocycles. The third kappa shape index (κ3) is 2.55. The number of fused-ring (bicyclic) bond motifs is 1. The molecular formula is C16H15N3. The summed E-state index contributed by atoms with van der Waals surface area (Å²) in [5.74, 6) is 0.778. The Balaban J connectivity index is 1.93. The van der Waals surface area contributed by atoms with Gasteiger partial charge in [-0.3, -0.25) is 4.99 Å². The van der Waals surface area contributed by atoms with Crippen LogP contribution in [0.25, 0.3) is 11.0 Å². The van der Waals surface area contributed by atoms with E-state index in [1.807, 2.05) is 24.3 Å². The van der Waals surface area contributed by atoms with E-state index in [1.54, 1.807) is 6.21 Å². The summed E-state index contributed by atoms with van der Waals surface area (Å²) in [6.45, 7) is 4.15. The van der Waals surface area contributed by atoms with Crippen molar-refractivity contribution in [3.05, 3.63) is 59.4 Å². The van der Waals surface area contributed by atoms with Gasteiger partial charge in [-0.2, -0.15) is 0 Å². The number of imidazole rings is 1. The highest BCUT2D eigenvalue weighted by Crippen LogP contribution is 2.17. The van der Waals surface area contributed by atoms with Crippen LogP contribution in [-0.2, 0) is 0 Å². The highest BCUT2D eigenvalue weighted by molar-refractivity contribution is 5.85. The Morgan fingerprint density at radius 1 is 1.05 bits per heavy atom. The third-order valence-electron chi connectivity index (χ3n) is 2.95. The molecule has 0 bridgehead atoms. The number of H-pyrrole nitrogens is 1. The number of rotatable bonds is 2. The quantitative estimate of drug-likeness (QED) is 0.687. The van der Waals surface area contributed by atoms with Crippen LogP contribution in [0.1, 0.15) is 17.0 Å². The van der Waals surface area contributed by atoms with Gasteiger partial charge in [-0.25, -0.2) is 4.98 Å². The number of benzene rings is 2. The monoisotopic (exact) mass is 249 g/mol. The number of nitrogens with one attached hydrogen (secondary N) is 1. The number of para-hydroxylation sites is 2. The fourth-order valence-electron chi connectivity index (χ4n) is 2.19. The van der Waals surface area contributed by atoms with Crippen LogP contribution < -0.4 is 0 Å². The van der Waals surface area contributed by atoms with Crippen molar-refractivity contribution in [1.29, 1.82) is 0 Å². The van der Waals surface area contributed by atoms with Crippen LogP contribution in [-0.4, -0.2) is 16.2 Å². The van der Waals surface area contributed by atoms with Crippen LogP contribution in [0.5, 0.6) is 0 Å². The molecule has 0 aliphatic rings. The number of hydrogen-bond donors (Lipinski definition) is 1. The van der Waals surface area contributed by atoms with Crippen LogP contribution in [0.4, 0.5) is 5.69 Å². The summed E-state index contributed by atoms with van der Waals surface area (Å²) < 4.78 is 0. The minimum atomic E-state index is 0.778. The normalized spacial score (nSPS) is 11.5. The second-order valence-corrected chi connectivity index (χ2v) is 4.74. The standard InChI is InChI=1S/C16H15N3/c1-11-7-12(2)9-13(8-11)17-10-16-18-14-5-3-4-6-15(14)19-16/h3-10H,1-2H3,(H,18,19). The van der Waals surface area contributed by atoms with E-state index in [9.17, 15) is 0 Å². The molecule has 0 fully saturated rings. The van der Waals surface area contributed by atoms with E-state index < -0.39 is 0 Å². The van der Waals surface area contributed by atoms with Gasteiger partial charge in [0.1, 0.15) is 5.82 Å². The van der Waals surface area contributed by atoms with Crippen LogP contribution in [0.2, 0.25) is 0 Å². The molecule has 1 heterocycles. The Hall–Kier alpha value is -2.42. The highest BCUT2D eigenvalue weighted by atomic mass is 14.9. The van der Waals surface area contributed by atoms with Gasteiger partial charge in [-0.05, 0) is 49.2 Å². The predicted molar refractivity (Wildman–Crippen MR) is 79.3 cm³/mol. The minimum Gasteiger partial charge on any atom is -0.337 e. The van der Waals surface area contributed by atoms with Gasteiger partial charge in [0.2, 0.25) is 0 Å². The molecule has 0 saturated heterocycles. The Kier molecular flexibility index (Phi) is 2.88. The van der Waals surface area contributed by atoms with E-state index in [4.69, 9.17) is 0 Å². The second kappa shape index (κ2) is 4.69. The summed E-state index contributed by atoms with van der Waals surface area (Å²) in [5, 5.41) is 0. The molecule has 1 aromatic heterocycles. The lowest BCUT2D eigenvalue weighted by Gasteiger charge is -1.98. The fraction of sp³-hybridized carbons (Fsp3) is 0.125. The number of aromatic amines is 1. The summed E-state index contributed by atoms with van der Waals surface area (Å²) in [6.07, 6.45) is 1.77. The zero-order valence-corrected chi connectivity index (χ0v) is 11.0. The van der Waals surface area contributed by atoms with E-state index in [1.165, 1.54) is 11.1 Å². The van der Waals surface area contributed by atoms with E-state index in [-0.39, 0.29) is 0 Å². The van der Waals surface area contributed by atoms with Gasteiger partial charge in [-0.15, -0.1) is 0 Å². The number of aryl methyl sites for hydroxylation is 2. The minimum absolute atomic E-state index is 0.778. The summed E-state index contributed by atoms with van der Waals surface area (Å²) in [5.41, 5.74) is 5.39. The summed E-state index contributed by atoms with van der Waals surface area (Å²) >= 11 is 0. The summed E-state index contributed by atoms with van der Waals surface area (Å²) in [6, 6.07) is 14.2. The van der Waals surface area contributed by atoms with Crippen LogP contribution in [0.3, 0.4) is 0 Å². The Morgan fingerprint density at radius 3 is 2.53 bits per heavy atom. The summed E-state index contributed by atoms with van der Waals surface area (Å²) in [4.78, 5) is 12.2. The summed E-state index contributed by atoms with van der Waals surface area (Å²) in [7, 11) is 0.